The molecule has 0 radical (unpaired) electrons. The highest BCUT2D eigenvalue weighted by molar-refractivity contribution is 14.0. The summed E-state index contributed by atoms with van der Waals surface area (Å²) >= 11 is 0. The van der Waals surface area contributed by atoms with Crippen molar-refractivity contribution in [3.05, 3.63) is 23.9 Å². The van der Waals surface area contributed by atoms with Crippen LogP contribution in [0.15, 0.2) is 23.3 Å². The van der Waals surface area contributed by atoms with Gasteiger partial charge in [0, 0.05) is 46.0 Å². The van der Waals surface area contributed by atoms with E-state index in [4.69, 9.17) is 6.42 Å². The van der Waals surface area contributed by atoms with Crippen LogP contribution in [0.4, 0.5) is 5.82 Å². The van der Waals surface area contributed by atoms with Gasteiger partial charge in [0.2, 0.25) is 0 Å². The van der Waals surface area contributed by atoms with E-state index in [0.717, 1.165) is 37.6 Å². The van der Waals surface area contributed by atoms with Crippen molar-refractivity contribution in [2.75, 3.05) is 51.7 Å². The summed E-state index contributed by atoms with van der Waals surface area (Å²) in [6, 6.07) is 4.18. The highest BCUT2D eigenvalue weighted by Gasteiger charge is 2.14. The lowest BCUT2D eigenvalue weighted by molar-refractivity contribution is 0.312. The van der Waals surface area contributed by atoms with Gasteiger partial charge in [0.05, 0.1) is 6.54 Å². The fourth-order valence-corrected chi connectivity index (χ4v) is 2.29. The molecule has 0 saturated carbocycles. The number of guanidine groups is 1. The van der Waals surface area contributed by atoms with E-state index < -0.39 is 0 Å². The maximum atomic E-state index is 5.22. The Bertz CT molecular complexity index is 528. The molecule has 6 nitrogen and oxygen atoms in total. The zero-order chi connectivity index (χ0) is 15.8. The number of nitrogens with zero attached hydrogens (tertiary/aromatic N) is 4. The summed E-state index contributed by atoms with van der Waals surface area (Å²) in [5, 5.41) is 6.23. The van der Waals surface area contributed by atoms with Crippen LogP contribution in [-0.2, 0) is 6.54 Å². The lowest BCUT2D eigenvalue weighted by atomic mass is 10.2. The number of piperazine rings is 1. The standard InChI is InChI=1S/C16H24N6.HI/c1-4-7-18-16(17-2)20-13-14-5-6-15(19-12-14)22-10-8-21(3)9-11-22;/h1,5-6,12H,7-11,13H2,2-3H3,(H2,17,18,20);1H. The summed E-state index contributed by atoms with van der Waals surface area (Å²) in [7, 11) is 3.88. The van der Waals surface area contributed by atoms with Gasteiger partial charge in [-0.3, -0.25) is 4.99 Å². The number of terminal acetylenes is 1. The second kappa shape index (κ2) is 10.3. The van der Waals surface area contributed by atoms with Gasteiger partial charge in [-0.25, -0.2) is 4.98 Å². The van der Waals surface area contributed by atoms with E-state index in [1.165, 1.54) is 0 Å². The number of hydrogen-bond acceptors (Lipinski definition) is 4. The first-order chi connectivity index (χ1) is 10.7. The first-order valence-electron chi connectivity index (χ1n) is 7.49. The molecule has 0 unspecified atom stereocenters. The summed E-state index contributed by atoms with van der Waals surface area (Å²) in [6.07, 6.45) is 7.13. The highest BCUT2D eigenvalue weighted by atomic mass is 127. The lowest BCUT2D eigenvalue weighted by Gasteiger charge is -2.33. The molecule has 0 aliphatic carbocycles. The van der Waals surface area contributed by atoms with E-state index in [-0.39, 0.29) is 24.0 Å². The lowest BCUT2D eigenvalue weighted by Crippen LogP contribution is -2.44. The van der Waals surface area contributed by atoms with Crippen molar-refractivity contribution in [1.29, 1.82) is 0 Å². The Kier molecular flexibility index (Phi) is 8.73. The number of hydrogen-bond donors (Lipinski definition) is 2. The van der Waals surface area contributed by atoms with Crippen LogP contribution in [0.5, 0.6) is 0 Å². The van der Waals surface area contributed by atoms with E-state index in [9.17, 15) is 0 Å². The van der Waals surface area contributed by atoms with Crippen LogP contribution in [0.1, 0.15) is 5.56 Å². The molecule has 1 aliphatic rings. The molecule has 0 bridgehead atoms. The second-order valence-corrected chi connectivity index (χ2v) is 5.30. The molecule has 1 aliphatic heterocycles. The minimum atomic E-state index is 0. The molecule has 0 amide bonds. The van der Waals surface area contributed by atoms with Gasteiger partial charge >= 0.3 is 0 Å². The minimum Gasteiger partial charge on any atom is -0.354 e. The molecular weight excluding hydrogens is 403 g/mol. The minimum absolute atomic E-state index is 0. The Morgan fingerprint density at radius 1 is 1.30 bits per heavy atom. The Hall–Kier alpha value is -1.53. The molecule has 23 heavy (non-hydrogen) atoms. The predicted octanol–water partition coefficient (Wildman–Crippen LogP) is 0.750. The van der Waals surface area contributed by atoms with Crippen LogP contribution in [0.2, 0.25) is 0 Å². The Labute approximate surface area is 155 Å². The van der Waals surface area contributed by atoms with Crippen molar-refractivity contribution in [2.45, 2.75) is 6.54 Å². The fraction of sp³-hybridized carbons (Fsp3) is 0.500. The first-order valence-corrected chi connectivity index (χ1v) is 7.49. The van der Waals surface area contributed by atoms with Gasteiger partial charge in [-0.1, -0.05) is 12.0 Å². The number of likely N-dealkylation sites (N-methyl/N-ethyl adjacent to an activating group) is 1. The Morgan fingerprint density at radius 2 is 2.04 bits per heavy atom. The smallest absolute Gasteiger partial charge is 0.192 e. The molecule has 7 heteroatoms. The van der Waals surface area contributed by atoms with Gasteiger partial charge < -0.3 is 20.4 Å². The van der Waals surface area contributed by atoms with Gasteiger partial charge in [0.15, 0.2) is 5.96 Å². The number of pyridine rings is 1. The first kappa shape index (κ1) is 19.5. The molecule has 1 fully saturated rings. The van der Waals surface area contributed by atoms with Crippen LogP contribution in [0.3, 0.4) is 0 Å². The monoisotopic (exact) mass is 428 g/mol. The number of halogens is 1. The summed E-state index contributed by atoms with van der Waals surface area (Å²) in [5.41, 5.74) is 1.11. The fourth-order valence-electron chi connectivity index (χ4n) is 2.29. The van der Waals surface area contributed by atoms with Crippen molar-refractivity contribution < 1.29 is 0 Å². The summed E-state index contributed by atoms with van der Waals surface area (Å²) in [5.74, 6) is 4.27. The van der Waals surface area contributed by atoms with E-state index in [1.807, 2.05) is 6.20 Å². The van der Waals surface area contributed by atoms with Gasteiger partial charge in [0.25, 0.3) is 0 Å². The van der Waals surface area contributed by atoms with E-state index in [0.29, 0.717) is 19.0 Å². The number of aliphatic imine (C=N–C) groups is 1. The molecule has 2 heterocycles. The molecule has 1 aromatic rings. The van der Waals surface area contributed by atoms with Gasteiger partial charge in [-0.05, 0) is 18.7 Å². The summed E-state index contributed by atoms with van der Waals surface area (Å²) in [4.78, 5) is 13.3. The number of anilines is 1. The largest absolute Gasteiger partial charge is 0.354 e. The third-order valence-electron chi connectivity index (χ3n) is 3.68. The molecule has 2 rings (SSSR count). The van der Waals surface area contributed by atoms with Gasteiger partial charge in [-0.15, -0.1) is 30.4 Å². The SMILES string of the molecule is C#CCNC(=NC)NCc1ccc(N2CCN(C)CC2)nc1.I. The third-order valence-corrected chi connectivity index (χ3v) is 3.68. The average molecular weight is 428 g/mol. The van der Waals surface area contributed by atoms with Gasteiger partial charge in [0.1, 0.15) is 5.82 Å². The van der Waals surface area contributed by atoms with Crippen LogP contribution in [-0.4, -0.2) is 62.7 Å². The molecular formula is C16H25IN6. The Balaban J connectivity index is 0.00000264. The molecule has 0 atom stereocenters. The molecule has 126 valence electrons. The topological polar surface area (TPSA) is 55.8 Å². The summed E-state index contributed by atoms with van der Waals surface area (Å²) < 4.78 is 0. The van der Waals surface area contributed by atoms with Crippen molar-refractivity contribution in [3.63, 3.8) is 0 Å². The van der Waals surface area contributed by atoms with Crippen LogP contribution < -0.4 is 15.5 Å². The average Bonchev–Trinajstić information content (AvgIpc) is 2.56. The second-order valence-electron chi connectivity index (χ2n) is 5.30. The number of rotatable bonds is 4. The zero-order valence-corrected chi connectivity index (χ0v) is 16.1. The van der Waals surface area contributed by atoms with E-state index >= 15 is 0 Å². The highest BCUT2D eigenvalue weighted by Crippen LogP contribution is 2.13. The normalized spacial score (nSPS) is 15.5. The quantitative estimate of drug-likeness (QED) is 0.321. The van der Waals surface area contributed by atoms with Crippen molar-refractivity contribution in [2.24, 2.45) is 4.99 Å². The van der Waals surface area contributed by atoms with Crippen LogP contribution >= 0.6 is 24.0 Å². The van der Waals surface area contributed by atoms with Crippen molar-refractivity contribution >= 4 is 35.8 Å². The number of aromatic nitrogens is 1. The van der Waals surface area contributed by atoms with Crippen molar-refractivity contribution in [1.82, 2.24) is 20.5 Å². The summed E-state index contributed by atoms with van der Waals surface area (Å²) in [6.45, 7) is 5.36. The third kappa shape index (κ3) is 6.23. The molecule has 1 aromatic heterocycles. The van der Waals surface area contributed by atoms with Gasteiger partial charge in [-0.2, -0.15) is 0 Å². The van der Waals surface area contributed by atoms with E-state index in [2.05, 4.69) is 55.5 Å². The zero-order valence-electron chi connectivity index (χ0n) is 13.7. The van der Waals surface area contributed by atoms with Crippen molar-refractivity contribution in [3.8, 4) is 12.3 Å². The maximum absolute atomic E-state index is 5.22. The Morgan fingerprint density at radius 3 is 2.61 bits per heavy atom. The van der Waals surface area contributed by atoms with Crippen LogP contribution in [0, 0.1) is 12.3 Å². The maximum Gasteiger partial charge on any atom is 0.192 e. The molecule has 0 aromatic carbocycles. The van der Waals surface area contributed by atoms with Crippen LogP contribution in [0.25, 0.3) is 0 Å². The molecule has 0 spiro atoms. The molecule has 1 saturated heterocycles. The predicted molar refractivity (Wildman–Crippen MR) is 106 cm³/mol. The molecule has 2 N–H and O–H groups in total. The number of nitrogens with one attached hydrogen (secondary N) is 2. The van der Waals surface area contributed by atoms with E-state index in [1.54, 1.807) is 7.05 Å².